The van der Waals surface area contributed by atoms with Crippen LogP contribution in [0.15, 0.2) is 34.9 Å². The van der Waals surface area contributed by atoms with Crippen molar-refractivity contribution >= 4 is 26.7 Å². The Morgan fingerprint density at radius 1 is 1.44 bits per heavy atom. The molecule has 0 saturated carbocycles. The zero-order valence-electron chi connectivity index (χ0n) is 10.6. The first-order valence-corrected chi connectivity index (χ1v) is 6.12. The van der Waals surface area contributed by atoms with Gasteiger partial charge in [0.15, 0.2) is 5.67 Å². The number of aliphatic hydroxyl groups is 1. The van der Waals surface area contributed by atoms with E-state index in [1.165, 1.54) is 0 Å². The van der Waals surface area contributed by atoms with Gasteiger partial charge in [0, 0.05) is 11.3 Å². The van der Waals surface area contributed by atoms with Crippen LogP contribution in [-0.2, 0) is 5.67 Å². The maximum atomic E-state index is 14.9. The first-order valence-electron chi connectivity index (χ1n) is 6.12. The summed E-state index contributed by atoms with van der Waals surface area (Å²) in [6.45, 7) is -0.562. The third kappa shape index (κ3) is 2.18. The number of rotatable bonds is 5. The lowest BCUT2D eigenvalue weighted by Crippen LogP contribution is -2.49. The van der Waals surface area contributed by atoms with E-state index in [9.17, 15) is 9.50 Å². The summed E-state index contributed by atoms with van der Waals surface area (Å²) in [6.07, 6.45) is 2.22. The molecule has 1 aromatic carbocycles. The van der Waals surface area contributed by atoms with Crippen molar-refractivity contribution in [1.82, 2.24) is 5.32 Å². The SMILES string of the molecule is BCNC(B)C(F)(CO)c1ccc2ccoc2c1. The Morgan fingerprint density at radius 2 is 2.22 bits per heavy atom. The quantitative estimate of drug-likeness (QED) is 0.715. The third-order valence-electron chi connectivity index (χ3n) is 3.36. The van der Waals surface area contributed by atoms with Crippen LogP contribution in [0.3, 0.4) is 0 Å². The summed E-state index contributed by atoms with van der Waals surface area (Å²) < 4.78 is 20.2. The molecule has 2 unspecified atom stereocenters. The van der Waals surface area contributed by atoms with Crippen molar-refractivity contribution in [3.8, 4) is 0 Å². The van der Waals surface area contributed by atoms with Gasteiger partial charge in [-0.1, -0.05) is 12.1 Å². The maximum absolute atomic E-state index is 14.9. The van der Waals surface area contributed by atoms with E-state index in [0.29, 0.717) is 17.6 Å². The van der Waals surface area contributed by atoms with Crippen molar-refractivity contribution in [2.75, 3.05) is 13.1 Å². The average Bonchev–Trinajstić information content (AvgIpc) is 2.85. The maximum Gasteiger partial charge on any atom is 0.166 e. The highest BCUT2D eigenvalue weighted by Gasteiger charge is 2.37. The molecular weight excluding hydrogens is 231 g/mol. The summed E-state index contributed by atoms with van der Waals surface area (Å²) in [7, 11) is 3.63. The molecule has 2 N–H and O–H groups in total. The van der Waals surface area contributed by atoms with E-state index in [0.717, 1.165) is 5.39 Å². The predicted octanol–water partition coefficient (Wildman–Crippen LogP) is -0.271. The second-order valence-corrected chi connectivity index (χ2v) is 4.47. The van der Waals surface area contributed by atoms with Crippen LogP contribution >= 0.6 is 0 Å². The highest BCUT2D eigenvalue weighted by Crippen LogP contribution is 2.31. The van der Waals surface area contributed by atoms with Crippen LogP contribution in [0.25, 0.3) is 11.0 Å². The normalized spacial score (nSPS) is 16.6. The molecular formula is C12H16B2FNO2. The van der Waals surface area contributed by atoms with Crippen LogP contribution in [0.4, 0.5) is 4.39 Å². The molecule has 94 valence electrons. The van der Waals surface area contributed by atoms with Crippen LogP contribution in [0.5, 0.6) is 0 Å². The number of aliphatic hydroxyl groups excluding tert-OH is 1. The average molecular weight is 247 g/mol. The summed E-state index contributed by atoms with van der Waals surface area (Å²) >= 11 is 0. The number of furan rings is 1. The standard InChI is InChI=1S/C12H16B2FNO2/c13-7-16-11(14)12(15,6-17)9-2-1-8-3-4-18-10(8)5-9/h1-5,11,16-17H,6-7,13-14H2. The van der Waals surface area contributed by atoms with Crippen molar-refractivity contribution < 1.29 is 13.9 Å². The lowest BCUT2D eigenvalue weighted by molar-refractivity contribution is 0.0568. The van der Waals surface area contributed by atoms with Crippen LogP contribution in [0.1, 0.15) is 5.56 Å². The molecule has 6 heteroatoms. The van der Waals surface area contributed by atoms with Gasteiger partial charge in [0.25, 0.3) is 0 Å². The van der Waals surface area contributed by atoms with Gasteiger partial charge in [-0.2, -0.15) is 0 Å². The second kappa shape index (κ2) is 5.16. The number of nitrogens with one attached hydrogen (secondary N) is 1. The van der Waals surface area contributed by atoms with Gasteiger partial charge in [-0.3, -0.25) is 0 Å². The van der Waals surface area contributed by atoms with Crippen molar-refractivity contribution in [2.45, 2.75) is 11.6 Å². The largest absolute Gasteiger partial charge is 0.464 e. The molecule has 0 amide bonds. The topological polar surface area (TPSA) is 45.4 Å². The fourth-order valence-electron chi connectivity index (χ4n) is 2.16. The molecule has 0 fully saturated rings. The number of halogens is 1. The molecule has 0 bridgehead atoms. The van der Waals surface area contributed by atoms with Crippen molar-refractivity contribution in [2.24, 2.45) is 0 Å². The van der Waals surface area contributed by atoms with E-state index in [1.54, 1.807) is 32.3 Å². The van der Waals surface area contributed by atoms with E-state index in [2.05, 4.69) is 5.32 Å². The zero-order valence-corrected chi connectivity index (χ0v) is 10.6. The molecule has 2 aromatic rings. The monoisotopic (exact) mass is 247 g/mol. The Kier molecular flexibility index (Phi) is 3.78. The van der Waals surface area contributed by atoms with E-state index in [1.807, 2.05) is 13.9 Å². The minimum Gasteiger partial charge on any atom is -0.464 e. The summed E-state index contributed by atoms with van der Waals surface area (Å²) in [5.74, 6) is -0.472. The zero-order chi connectivity index (χ0) is 13.2. The van der Waals surface area contributed by atoms with E-state index in [-0.39, 0.29) is 0 Å². The van der Waals surface area contributed by atoms with E-state index in [4.69, 9.17) is 4.42 Å². The fraction of sp³-hybridized carbons (Fsp3) is 0.333. The molecule has 1 heterocycles. The third-order valence-corrected chi connectivity index (χ3v) is 3.36. The Morgan fingerprint density at radius 3 is 2.89 bits per heavy atom. The Hall–Kier alpha value is -1.26. The molecule has 0 radical (unpaired) electrons. The minimum atomic E-state index is -1.81. The van der Waals surface area contributed by atoms with Crippen molar-refractivity contribution in [3.05, 3.63) is 36.1 Å². The van der Waals surface area contributed by atoms with E-state index >= 15 is 0 Å². The summed E-state index contributed by atoms with van der Waals surface area (Å²) in [5.41, 5.74) is -0.746. The second-order valence-electron chi connectivity index (χ2n) is 4.47. The number of hydrogen-bond donors (Lipinski definition) is 2. The summed E-state index contributed by atoms with van der Waals surface area (Å²) in [5, 5.41) is 13.4. The molecule has 0 spiro atoms. The van der Waals surface area contributed by atoms with Gasteiger partial charge in [-0.25, -0.2) is 4.39 Å². The van der Waals surface area contributed by atoms with Crippen molar-refractivity contribution in [1.29, 1.82) is 0 Å². The molecule has 18 heavy (non-hydrogen) atoms. The smallest absolute Gasteiger partial charge is 0.166 e. The van der Waals surface area contributed by atoms with Crippen LogP contribution < -0.4 is 5.32 Å². The Bertz CT molecular complexity index is 534. The van der Waals surface area contributed by atoms with Crippen LogP contribution in [0, 0.1) is 0 Å². The molecule has 3 nitrogen and oxygen atoms in total. The fourth-order valence-corrected chi connectivity index (χ4v) is 2.16. The summed E-state index contributed by atoms with van der Waals surface area (Å²) in [4.78, 5) is 0. The first kappa shape index (κ1) is 13.2. The Labute approximate surface area is 107 Å². The van der Waals surface area contributed by atoms with Gasteiger partial charge in [-0.15, -0.1) is 0 Å². The van der Waals surface area contributed by atoms with Gasteiger partial charge in [0.05, 0.1) is 12.9 Å². The van der Waals surface area contributed by atoms with Gasteiger partial charge in [-0.05, 0) is 24.1 Å². The molecule has 2 rings (SSSR count). The molecule has 0 saturated heterocycles. The van der Waals surface area contributed by atoms with Gasteiger partial charge >= 0.3 is 0 Å². The lowest BCUT2D eigenvalue weighted by Gasteiger charge is -2.31. The molecule has 0 aliphatic carbocycles. The Balaban J connectivity index is 2.41. The lowest BCUT2D eigenvalue weighted by atomic mass is 9.77. The van der Waals surface area contributed by atoms with E-state index < -0.39 is 18.2 Å². The molecule has 2 atom stereocenters. The van der Waals surface area contributed by atoms with Crippen molar-refractivity contribution in [3.63, 3.8) is 0 Å². The molecule has 0 aliphatic rings. The number of benzene rings is 1. The van der Waals surface area contributed by atoms with Gasteiger partial charge in [0.1, 0.15) is 21.3 Å². The first-order chi connectivity index (χ1) is 8.61. The van der Waals surface area contributed by atoms with Gasteiger partial charge < -0.3 is 14.8 Å². The minimum absolute atomic E-state index is 0.431. The summed E-state index contributed by atoms with van der Waals surface area (Å²) in [6, 6.07) is 6.98. The number of fused-ring (bicyclic) bond motifs is 1. The number of hydrogen-bond acceptors (Lipinski definition) is 3. The van der Waals surface area contributed by atoms with Crippen LogP contribution in [-0.4, -0.2) is 39.8 Å². The molecule has 1 aromatic heterocycles. The van der Waals surface area contributed by atoms with Gasteiger partial charge in [0.2, 0.25) is 0 Å². The highest BCUT2D eigenvalue weighted by atomic mass is 19.1. The predicted molar refractivity (Wildman–Crippen MR) is 75.0 cm³/mol. The highest BCUT2D eigenvalue weighted by molar-refractivity contribution is 6.14. The van der Waals surface area contributed by atoms with Crippen LogP contribution in [0.2, 0.25) is 0 Å². The number of alkyl halides is 1. The molecule has 0 aliphatic heterocycles.